The van der Waals surface area contributed by atoms with E-state index in [0.717, 1.165) is 0 Å². The van der Waals surface area contributed by atoms with Gasteiger partial charge in [-0.15, -0.1) is 0 Å². The predicted molar refractivity (Wildman–Crippen MR) is 89.1 cm³/mol. The second kappa shape index (κ2) is 8.26. The lowest BCUT2D eigenvalue weighted by Crippen LogP contribution is -2.01. The Morgan fingerprint density at radius 3 is 2.59 bits per heavy atom. The molecule has 0 aliphatic rings. The van der Waals surface area contributed by atoms with Gasteiger partial charge in [0.25, 0.3) is 5.89 Å². The Labute approximate surface area is 152 Å². The molecule has 0 fully saturated rings. The fourth-order valence-corrected chi connectivity index (χ4v) is 2.23. The maximum absolute atomic E-state index is 12.2. The van der Waals surface area contributed by atoms with Gasteiger partial charge < -0.3 is 18.7 Å². The van der Waals surface area contributed by atoms with Crippen LogP contribution < -0.4 is 14.2 Å². The number of alkyl halides is 2. The molecule has 1 aromatic heterocycles. The summed E-state index contributed by atoms with van der Waals surface area (Å²) in [6.07, 6.45) is 0.703. The summed E-state index contributed by atoms with van der Waals surface area (Å²) in [5.74, 6) is 1.33. The van der Waals surface area contributed by atoms with E-state index in [-0.39, 0.29) is 24.1 Å². The number of nitrogens with zero attached hydrogens (tertiary/aromatic N) is 2. The molecule has 7 nitrogen and oxygen atoms in total. The molecule has 2 aromatic carbocycles. The zero-order valence-corrected chi connectivity index (χ0v) is 14.1. The molecular weight excluding hydrogens is 362 g/mol. The van der Waals surface area contributed by atoms with Crippen molar-refractivity contribution in [1.29, 1.82) is 0 Å². The minimum Gasteiger partial charge on any atom is -0.493 e. The van der Waals surface area contributed by atoms with Crippen molar-refractivity contribution in [2.45, 2.75) is 13.2 Å². The Morgan fingerprint density at radius 2 is 1.93 bits per heavy atom. The van der Waals surface area contributed by atoms with Gasteiger partial charge in [0.1, 0.15) is 12.0 Å². The molecule has 0 atom stereocenters. The highest BCUT2D eigenvalue weighted by molar-refractivity contribution is 5.76. The fourth-order valence-electron chi connectivity index (χ4n) is 2.23. The second-order valence-corrected chi connectivity index (χ2v) is 5.23. The van der Waals surface area contributed by atoms with Crippen LogP contribution in [0.25, 0.3) is 11.4 Å². The molecule has 140 valence electrons. The van der Waals surface area contributed by atoms with Crippen LogP contribution in [-0.2, 0) is 6.61 Å². The smallest absolute Gasteiger partial charge is 0.387 e. The van der Waals surface area contributed by atoms with E-state index in [0.29, 0.717) is 28.9 Å². The predicted octanol–water partition coefficient (Wildman–Crippen LogP) is 3.74. The number of hydrogen-bond acceptors (Lipinski definition) is 7. The van der Waals surface area contributed by atoms with Crippen LogP contribution in [-0.4, -0.2) is 30.1 Å². The molecule has 0 aliphatic carbocycles. The van der Waals surface area contributed by atoms with Gasteiger partial charge in [0.05, 0.1) is 7.11 Å². The third-order valence-electron chi connectivity index (χ3n) is 3.48. The van der Waals surface area contributed by atoms with E-state index in [2.05, 4.69) is 14.9 Å². The van der Waals surface area contributed by atoms with Gasteiger partial charge >= 0.3 is 6.61 Å². The first-order valence-electron chi connectivity index (χ1n) is 7.73. The zero-order valence-electron chi connectivity index (χ0n) is 14.1. The molecule has 3 rings (SSSR count). The molecule has 0 N–H and O–H groups in total. The van der Waals surface area contributed by atoms with Gasteiger partial charge in [-0.3, -0.25) is 4.79 Å². The van der Waals surface area contributed by atoms with Gasteiger partial charge in [0, 0.05) is 11.1 Å². The number of rotatable bonds is 8. The third-order valence-corrected chi connectivity index (χ3v) is 3.48. The van der Waals surface area contributed by atoms with Gasteiger partial charge in [0.15, 0.2) is 18.1 Å². The Morgan fingerprint density at radius 1 is 1.15 bits per heavy atom. The first-order valence-corrected chi connectivity index (χ1v) is 7.73. The van der Waals surface area contributed by atoms with Crippen LogP contribution in [0.4, 0.5) is 8.78 Å². The fraction of sp³-hybridized carbons (Fsp3) is 0.167. The highest BCUT2D eigenvalue weighted by atomic mass is 19.3. The standard InChI is InChI=1S/C18H14F2N2O5/c1-24-15-8-11(9-23)2-7-14(15)25-10-16-21-17(22-27-16)12-3-5-13(6-4-12)26-18(19)20/h2-9,18H,10H2,1H3. The van der Waals surface area contributed by atoms with Gasteiger partial charge in [-0.25, -0.2) is 0 Å². The number of aromatic nitrogens is 2. The minimum atomic E-state index is -2.89. The Hall–Kier alpha value is -3.49. The maximum Gasteiger partial charge on any atom is 0.387 e. The number of carbonyl (C=O) groups is 1. The molecule has 0 unspecified atom stereocenters. The summed E-state index contributed by atoms with van der Waals surface area (Å²) in [7, 11) is 1.46. The molecule has 0 amide bonds. The lowest BCUT2D eigenvalue weighted by molar-refractivity contribution is -0.0498. The molecule has 9 heteroatoms. The SMILES string of the molecule is COc1cc(C=O)ccc1OCc1nc(-c2ccc(OC(F)F)cc2)no1. The van der Waals surface area contributed by atoms with Crippen molar-refractivity contribution >= 4 is 6.29 Å². The van der Waals surface area contributed by atoms with E-state index < -0.39 is 6.61 Å². The molecule has 3 aromatic rings. The number of benzene rings is 2. The van der Waals surface area contributed by atoms with E-state index in [4.69, 9.17) is 14.0 Å². The molecule has 27 heavy (non-hydrogen) atoms. The van der Waals surface area contributed by atoms with Gasteiger partial charge in [-0.1, -0.05) is 5.16 Å². The number of methoxy groups -OCH3 is 1. The number of ether oxygens (including phenoxy) is 3. The van der Waals surface area contributed by atoms with Gasteiger partial charge in [-0.05, 0) is 42.5 Å². The highest BCUT2D eigenvalue weighted by Gasteiger charge is 2.12. The summed E-state index contributed by atoms with van der Waals surface area (Å²) < 4.78 is 44.5. The monoisotopic (exact) mass is 376 g/mol. The van der Waals surface area contributed by atoms with E-state index in [1.165, 1.54) is 31.4 Å². The van der Waals surface area contributed by atoms with Crippen molar-refractivity contribution in [3.8, 4) is 28.6 Å². The quantitative estimate of drug-likeness (QED) is 0.554. The van der Waals surface area contributed by atoms with Crippen LogP contribution in [0.2, 0.25) is 0 Å². The second-order valence-electron chi connectivity index (χ2n) is 5.23. The van der Waals surface area contributed by atoms with Crippen molar-refractivity contribution in [2.75, 3.05) is 7.11 Å². The molecule has 0 saturated heterocycles. The number of carbonyl (C=O) groups excluding carboxylic acids is 1. The maximum atomic E-state index is 12.2. The Bertz CT molecular complexity index is 912. The molecule has 1 heterocycles. The van der Waals surface area contributed by atoms with Crippen molar-refractivity contribution < 1.29 is 32.3 Å². The summed E-state index contributed by atoms with van der Waals surface area (Å²) in [6, 6.07) is 10.6. The summed E-state index contributed by atoms with van der Waals surface area (Å²) in [5, 5.41) is 3.83. The molecule has 0 bridgehead atoms. The van der Waals surface area contributed by atoms with Crippen LogP contribution in [0.5, 0.6) is 17.2 Å². The van der Waals surface area contributed by atoms with E-state index in [1.54, 1.807) is 18.2 Å². The van der Waals surface area contributed by atoms with Crippen LogP contribution in [0.15, 0.2) is 47.0 Å². The van der Waals surface area contributed by atoms with E-state index >= 15 is 0 Å². The first-order chi connectivity index (χ1) is 13.1. The molecule has 0 aliphatic heterocycles. The average molecular weight is 376 g/mol. The summed E-state index contributed by atoms with van der Waals surface area (Å²) in [5.41, 5.74) is 1.03. The summed E-state index contributed by atoms with van der Waals surface area (Å²) >= 11 is 0. The molecule has 0 saturated carbocycles. The van der Waals surface area contributed by atoms with E-state index in [9.17, 15) is 13.6 Å². The van der Waals surface area contributed by atoms with E-state index in [1.807, 2.05) is 0 Å². The van der Waals surface area contributed by atoms with Gasteiger partial charge in [0.2, 0.25) is 5.82 Å². The topological polar surface area (TPSA) is 83.7 Å². The molecular formula is C18H14F2N2O5. The van der Waals surface area contributed by atoms with Crippen molar-refractivity contribution in [3.63, 3.8) is 0 Å². The van der Waals surface area contributed by atoms with Crippen molar-refractivity contribution in [2.24, 2.45) is 0 Å². The third kappa shape index (κ3) is 4.57. The minimum absolute atomic E-state index is 0.0175. The molecule has 0 spiro atoms. The van der Waals surface area contributed by atoms with Gasteiger partial charge in [-0.2, -0.15) is 13.8 Å². The summed E-state index contributed by atoms with van der Waals surface area (Å²) in [6.45, 7) is -2.90. The Balaban J connectivity index is 1.67. The van der Waals surface area contributed by atoms with Crippen LogP contribution >= 0.6 is 0 Å². The normalized spacial score (nSPS) is 10.7. The molecule has 0 radical (unpaired) electrons. The largest absolute Gasteiger partial charge is 0.493 e. The average Bonchev–Trinajstić information content (AvgIpc) is 3.15. The number of hydrogen-bond donors (Lipinski definition) is 0. The first kappa shape index (κ1) is 18.3. The highest BCUT2D eigenvalue weighted by Crippen LogP contribution is 2.28. The summed E-state index contributed by atoms with van der Waals surface area (Å²) in [4.78, 5) is 15.0. The Kier molecular flexibility index (Phi) is 5.60. The van der Waals surface area contributed by atoms with Crippen molar-refractivity contribution in [3.05, 3.63) is 53.9 Å². The lowest BCUT2D eigenvalue weighted by atomic mass is 10.2. The van der Waals surface area contributed by atoms with Crippen LogP contribution in [0.1, 0.15) is 16.2 Å². The van der Waals surface area contributed by atoms with Crippen molar-refractivity contribution in [1.82, 2.24) is 10.1 Å². The van der Waals surface area contributed by atoms with Crippen LogP contribution in [0.3, 0.4) is 0 Å². The van der Waals surface area contributed by atoms with Crippen LogP contribution in [0, 0.1) is 0 Å². The number of halogens is 2. The zero-order chi connectivity index (χ0) is 19.2. The lowest BCUT2D eigenvalue weighted by Gasteiger charge is -2.09. The number of aldehydes is 1.